The van der Waals surface area contributed by atoms with Crippen molar-refractivity contribution >= 4 is 29.1 Å². The van der Waals surface area contributed by atoms with Gasteiger partial charge in [0.1, 0.15) is 18.4 Å². The van der Waals surface area contributed by atoms with Crippen molar-refractivity contribution in [3.8, 4) is 5.75 Å². The summed E-state index contributed by atoms with van der Waals surface area (Å²) in [6, 6.07) is 12.3. The molecule has 0 aliphatic carbocycles. The van der Waals surface area contributed by atoms with Crippen molar-refractivity contribution < 1.29 is 23.7 Å². The topological polar surface area (TPSA) is 102 Å². The SMILES string of the molecule is CC(C)C1CCN([S+]([O-])c2ccc(COc3cccc4c3CN(C3CCC(=O)NC3=O)C4=O)cc2)CC1. The van der Waals surface area contributed by atoms with Crippen molar-refractivity contribution in [3.63, 3.8) is 0 Å². The van der Waals surface area contributed by atoms with Crippen LogP contribution in [-0.2, 0) is 34.1 Å². The number of imide groups is 1. The highest BCUT2D eigenvalue weighted by Crippen LogP contribution is 2.34. The Bertz CT molecular complexity index is 1180. The summed E-state index contributed by atoms with van der Waals surface area (Å²) >= 11 is -1.17. The fourth-order valence-electron chi connectivity index (χ4n) is 5.41. The van der Waals surface area contributed by atoms with Gasteiger partial charge in [0.25, 0.3) is 5.91 Å². The first-order chi connectivity index (χ1) is 17.8. The lowest BCUT2D eigenvalue weighted by Gasteiger charge is -2.33. The number of carbonyl (C=O) groups excluding carboxylic acids is 3. The molecular formula is C28H33N3O5S. The number of ether oxygens (including phenoxy) is 1. The molecule has 3 aliphatic heterocycles. The van der Waals surface area contributed by atoms with Crippen LogP contribution in [0.5, 0.6) is 5.75 Å². The summed E-state index contributed by atoms with van der Waals surface area (Å²) in [6.07, 6.45) is 2.71. The third-order valence-electron chi connectivity index (χ3n) is 7.73. The van der Waals surface area contributed by atoms with Crippen LogP contribution >= 0.6 is 0 Å². The lowest BCUT2D eigenvalue weighted by molar-refractivity contribution is -0.136. The molecule has 3 aliphatic rings. The number of hydrogen-bond donors (Lipinski definition) is 1. The van der Waals surface area contributed by atoms with Gasteiger partial charge in [-0.3, -0.25) is 19.7 Å². The zero-order chi connectivity index (χ0) is 26.1. The molecule has 5 rings (SSSR count). The molecule has 196 valence electrons. The Morgan fingerprint density at radius 3 is 2.46 bits per heavy atom. The van der Waals surface area contributed by atoms with E-state index in [9.17, 15) is 18.9 Å². The molecule has 3 amide bonds. The zero-order valence-corrected chi connectivity index (χ0v) is 22.1. The second-order valence-electron chi connectivity index (χ2n) is 10.4. The number of amides is 3. The third kappa shape index (κ3) is 5.39. The Kier molecular flexibility index (Phi) is 7.55. The van der Waals surface area contributed by atoms with Gasteiger partial charge in [0.15, 0.2) is 4.90 Å². The molecule has 0 bridgehead atoms. The van der Waals surface area contributed by atoms with Crippen LogP contribution in [0.4, 0.5) is 0 Å². The van der Waals surface area contributed by atoms with E-state index in [4.69, 9.17) is 4.74 Å². The average Bonchev–Trinajstić information content (AvgIpc) is 3.24. The van der Waals surface area contributed by atoms with Gasteiger partial charge in [-0.15, -0.1) is 4.31 Å². The highest BCUT2D eigenvalue weighted by atomic mass is 32.2. The van der Waals surface area contributed by atoms with Gasteiger partial charge in [0, 0.05) is 30.6 Å². The summed E-state index contributed by atoms with van der Waals surface area (Å²) in [6.45, 7) is 6.79. The maximum Gasteiger partial charge on any atom is 0.255 e. The second kappa shape index (κ2) is 10.8. The highest BCUT2D eigenvalue weighted by Gasteiger charge is 2.40. The number of nitrogens with zero attached hydrogens (tertiary/aromatic N) is 2. The normalized spacial score (nSPS) is 21.8. The van der Waals surface area contributed by atoms with Crippen molar-refractivity contribution in [3.05, 3.63) is 59.2 Å². The van der Waals surface area contributed by atoms with E-state index in [0.29, 0.717) is 36.2 Å². The molecule has 2 fully saturated rings. The number of benzene rings is 2. The molecule has 0 saturated carbocycles. The predicted molar refractivity (Wildman–Crippen MR) is 139 cm³/mol. The highest BCUT2D eigenvalue weighted by molar-refractivity contribution is 7.89. The molecule has 2 aromatic rings. The van der Waals surface area contributed by atoms with Gasteiger partial charge >= 0.3 is 0 Å². The summed E-state index contributed by atoms with van der Waals surface area (Å²) in [5.74, 6) is 1.01. The van der Waals surface area contributed by atoms with Crippen LogP contribution in [0.3, 0.4) is 0 Å². The molecular weight excluding hydrogens is 490 g/mol. The Hall–Kier alpha value is -2.88. The van der Waals surface area contributed by atoms with E-state index in [2.05, 4.69) is 23.5 Å². The summed E-state index contributed by atoms with van der Waals surface area (Å²) in [5, 5.41) is 2.33. The van der Waals surface area contributed by atoms with Crippen LogP contribution in [0.25, 0.3) is 0 Å². The molecule has 2 saturated heterocycles. The molecule has 37 heavy (non-hydrogen) atoms. The smallest absolute Gasteiger partial charge is 0.255 e. The van der Waals surface area contributed by atoms with Crippen molar-refractivity contribution in [1.29, 1.82) is 0 Å². The molecule has 2 atom stereocenters. The zero-order valence-electron chi connectivity index (χ0n) is 21.3. The number of fused-ring (bicyclic) bond motifs is 1. The quantitative estimate of drug-likeness (QED) is 0.441. The summed E-state index contributed by atoms with van der Waals surface area (Å²) in [5.41, 5.74) is 2.21. The summed E-state index contributed by atoms with van der Waals surface area (Å²) < 4.78 is 21.2. The van der Waals surface area contributed by atoms with Gasteiger partial charge in [0.2, 0.25) is 11.8 Å². The lowest BCUT2D eigenvalue weighted by atomic mass is 9.87. The minimum Gasteiger partial charge on any atom is -0.593 e. The van der Waals surface area contributed by atoms with Crippen molar-refractivity contribution in [2.75, 3.05) is 13.1 Å². The number of nitrogens with one attached hydrogen (secondary N) is 1. The minimum atomic E-state index is -1.17. The fourth-order valence-corrected chi connectivity index (χ4v) is 6.62. The van der Waals surface area contributed by atoms with Crippen LogP contribution in [-0.4, -0.2) is 50.6 Å². The van der Waals surface area contributed by atoms with Gasteiger partial charge in [-0.25, -0.2) is 0 Å². The molecule has 0 radical (unpaired) electrons. The van der Waals surface area contributed by atoms with E-state index in [1.54, 1.807) is 12.1 Å². The number of hydrogen-bond acceptors (Lipinski definition) is 6. The van der Waals surface area contributed by atoms with E-state index in [1.807, 2.05) is 30.3 Å². The van der Waals surface area contributed by atoms with Crippen molar-refractivity contribution in [2.45, 2.75) is 63.6 Å². The van der Waals surface area contributed by atoms with Gasteiger partial charge in [0.05, 0.1) is 17.9 Å². The molecule has 2 aromatic carbocycles. The maximum absolute atomic E-state index is 13.1. The van der Waals surface area contributed by atoms with Gasteiger partial charge in [-0.2, -0.15) is 0 Å². The molecule has 8 nitrogen and oxygen atoms in total. The molecule has 0 spiro atoms. The molecule has 0 aromatic heterocycles. The fraction of sp³-hybridized carbons (Fsp3) is 0.464. The number of rotatable bonds is 7. The monoisotopic (exact) mass is 523 g/mol. The predicted octanol–water partition coefficient (Wildman–Crippen LogP) is 3.42. The van der Waals surface area contributed by atoms with Crippen molar-refractivity contribution in [1.82, 2.24) is 14.5 Å². The van der Waals surface area contributed by atoms with Crippen LogP contribution < -0.4 is 10.1 Å². The van der Waals surface area contributed by atoms with E-state index in [1.165, 1.54) is 4.90 Å². The van der Waals surface area contributed by atoms with Gasteiger partial charge in [-0.1, -0.05) is 32.0 Å². The van der Waals surface area contributed by atoms with E-state index in [0.717, 1.165) is 42.0 Å². The largest absolute Gasteiger partial charge is 0.593 e. The van der Waals surface area contributed by atoms with Gasteiger partial charge in [-0.05, 0) is 60.9 Å². The first kappa shape index (κ1) is 25.8. The number of carbonyl (C=O) groups is 3. The van der Waals surface area contributed by atoms with Crippen LogP contribution in [0, 0.1) is 11.8 Å². The molecule has 9 heteroatoms. The lowest BCUT2D eigenvalue weighted by Crippen LogP contribution is -2.52. The average molecular weight is 524 g/mol. The Labute approximate surface area is 220 Å². The first-order valence-electron chi connectivity index (χ1n) is 13.0. The molecule has 1 N–H and O–H groups in total. The van der Waals surface area contributed by atoms with Crippen LogP contribution in [0.2, 0.25) is 0 Å². The van der Waals surface area contributed by atoms with Gasteiger partial charge < -0.3 is 14.2 Å². The Morgan fingerprint density at radius 1 is 1.05 bits per heavy atom. The Balaban J connectivity index is 1.20. The molecule has 3 heterocycles. The van der Waals surface area contributed by atoms with Crippen LogP contribution in [0.1, 0.15) is 61.0 Å². The maximum atomic E-state index is 13.1. The second-order valence-corrected chi connectivity index (χ2v) is 11.9. The Morgan fingerprint density at radius 2 is 1.78 bits per heavy atom. The van der Waals surface area contributed by atoms with E-state index >= 15 is 0 Å². The third-order valence-corrected chi connectivity index (χ3v) is 9.24. The van der Waals surface area contributed by atoms with E-state index in [-0.39, 0.29) is 24.8 Å². The summed E-state index contributed by atoms with van der Waals surface area (Å²) in [7, 11) is 0. The molecule has 2 unspecified atom stereocenters. The summed E-state index contributed by atoms with van der Waals surface area (Å²) in [4.78, 5) is 39.1. The van der Waals surface area contributed by atoms with Crippen molar-refractivity contribution in [2.24, 2.45) is 11.8 Å². The minimum absolute atomic E-state index is 0.219. The van der Waals surface area contributed by atoms with Crippen LogP contribution in [0.15, 0.2) is 47.4 Å². The number of piperidine rings is 2. The first-order valence-corrected chi connectivity index (χ1v) is 14.1. The van der Waals surface area contributed by atoms with E-state index < -0.39 is 23.3 Å². The standard InChI is InChI=1S/C28H33N3O5S/c1-18(2)20-12-14-30(15-13-20)37(35)21-8-6-19(7-9-21)17-36-25-5-3-4-22-23(25)16-31(28(22)34)24-10-11-26(32)29-27(24)33/h3-9,18,20,24H,10-17H2,1-2H3,(H,29,32,33).